The summed E-state index contributed by atoms with van der Waals surface area (Å²) in [5.41, 5.74) is 0.502. The zero-order valence-corrected chi connectivity index (χ0v) is 28.8. The summed E-state index contributed by atoms with van der Waals surface area (Å²) in [7, 11) is 6.23. The van der Waals surface area contributed by atoms with Gasteiger partial charge in [-0.3, -0.25) is 0 Å². The normalized spacial score (nSPS) is 33.4. The Balaban J connectivity index is 1.20. The van der Waals surface area contributed by atoms with E-state index < -0.39 is 42.0 Å². The minimum Gasteiger partial charge on any atom is -0.493 e. The Morgan fingerprint density at radius 2 is 1.33 bits per heavy atom. The first-order valence-corrected chi connectivity index (χ1v) is 16.5. The van der Waals surface area contributed by atoms with E-state index in [2.05, 4.69) is 6.92 Å². The Morgan fingerprint density at radius 3 is 1.90 bits per heavy atom. The molecule has 1 spiro atoms. The topological polar surface area (TPSA) is 126 Å². The zero-order valence-electron chi connectivity index (χ0n) is 28.8. The molecule has 1 saturated carbocycles. The van der Waals surface area contributed by atoms with Crippen molar-refractivity contribution in [3.63, 3.8) is 0 Å². The van der Waals surface area contributed by atoms with Crippen molar-refractivity contribution in [2.45, 2.75) is 70.1 Å². The highest BCUT2D eigenvalue weighted by Crippen LogP contribution is 2.61. The summed E-state index contributed by atoms with van der Waals surface area (Å²) in [5.74, 6) is -0.730. The number of carbonyl (C=O) groups excluding carboxylic acids is 2. The summed E-state index contributed by atoms with van der Waals surface area (Å²) in [5, 5.41) is 0. The van der Waals surface area contributed by atoms with E-state index in [-0.39, 0.29) is 23.7 Å². The van der Waals surface area contributed by atoms with Gasteiger partial charge in [0.15, 0.2) is 34.9 Å². The minimum atomic E-state index is -1.05. The molecule has 0 radical (unpaired) electrons. The molecule has 0 amide bonds. The van der Waals surface area contributed by atoms with Crippen molar-refractivity contribution in [2.75, 3.05) is 28.4 Å². The molecule has 0 N–H and O–H groups in total. The number of methoxy groups -OCH3 is 4. The third-order valence-electron chi connectivity index (χ3n) is 10.3. The molecule has 12 heteroatoms. The first kappa shape index (κ1) is 34.8. The van der Waals surface area contributed by atoms with Gasteiger partial charge in [0.2, 0.25) is 12.1 Å². The van der Waals surface area contributed by atoms with E-state index in [0.29, 0.717) is 42.3 Å². The average molecular weight is 681 g/mol. The van der Waals surface area contributed by atoms with E-state index in [9.17, 15) is 9.59 Å². The molecule has 0 unspecified atom stereocenters. The molecular formula is C37H44O12. The third-order valence-corrected chi connectivity index (χ3v) is 10.3. The lowest BCUT2D eigenvalue weighted by atomic mass is 9.57. The summed E-state index contributed by atoms with van der Waals surface area (Å²) >= 11 is 0. The predicted molar refractivity (Wildman–Crippen MR) is 175 cm³/mol. The maximum atomic E-state index is 13.2. The third kappa shape index (κ3) is 6.62. The van der Waals surface area contributed by atoms with Crippen molar-refractivity contribution in [1.82, 2.24) is 0 Å². The van der Waals surface area contributed by atoms with Gasteiger partial charge in [0.1, 0.15) is 6.10 Å². The monoisotopic (exact) mass is 680 g/mol. The second-order valence-electron chi connectivity index (χ2n) is 13.1. The quantitative estimate of drug-likeness (QED) is 0.173. The number of esters is 2. The van der Waals surface area contributed by atoms with Crippen LogP contribution < -0.4 is 18.9 Å². The van der Waals surface area contributed by atoms with Crippen LogP contribution in [0.5, 0.6) is 23.0 Å². The van der Waals surface area contributed by atoms with E-state index in [1.807, 2.05) is 19.9 Å². The fourth-order valence-corrected chi connectivity index (χ4v) is 7.68. The Bertz CT molecular complexity index is 1600. The lowest BCUT2D eigenvalue weighted by Gasteiger charge is -2.60. The van der Waals surface area contributed by atoms with Gasteiger partial charge in [-0.05, 0) is 73.2 Å². The average Bonchev–Trinajstić information content (AvgIpc) is 3.34. The summed E-state index contributed by atoms with van der Waals surface area (Å²) < 4.78 is 46.2. The van der Waals surface area contributed by atoms with Gasteiger partial charge >= 0.3 is 11.9 Å². The molecule has 49 heavy (non-hydrogen) atoms. The molecule has 7 rings (SSSR count). The number of hydrogen-bond donors (Lipinski definition) is 0. The fraction of sp³-hybridized carbons (Fsp3) is 0.514. The Kier molecular flexibility index (Phi) is 9.95. The molecule has 2 aromatic carbocycles. The Labute approximate surface area is 286 Å². The first-order valence-electron chi connectivity index (χ1n) is 16.5. The Hall–Kier alpha value is -4.10. The molecular weight excluding hydrogens is 636 g/mol. The van der Waals surface area contributed by atoms with E-state index >= 15 is 0 Å². The van der Waals surface area contributed by atoms with Crippen LogP contribution in [0.25, 0.3) is 12.2 Å². The van der Waals surface area contributed by atoms with Gasteiger partial charge in [0, 0.05) is 36.3 Å². The first-order chi connectivity index (χ1) is 23.5. The maximum Gasteiger partial charge on any atom is 0.333 e. The van der Waals surface area contributed by atoms with E-state index in [0.717, 1.165) is 11.1 Å². The molecule has 2 bridgehead atoms. The zero-order chi connectivity index (χ0) is 34.9. The summed E-state index contributed by atoms with van der Waals surface area (Å²) in [6, 6.07) is 10.7. The van der Waals surface area contributed by atoms with Gasteiger partial charge in [0.25, 0.3) is 0 Å². The molecule has 4 heterocycles. The number of carbonyl (C=O) groups is 2. The molecule has 264 valence electrons. The molecule has 5 aliphatic rings. The van der Waals surface area contributed by atoms with E-state index in [1.54, 1.807) is 70.9 Å². The van der Waals surface area contributed by atoms with Crippen LogP contribution in [0.3, 0.4) is 0 Å². The Morgan fingerprint density at radius 1 is 0.755 bits per heavy atom. The highest BCUT2D eigenvalue weighted by Gasteiger charge is 2.71. The van der Waals surface area contributed by atoms with Crippen LogP contribution in [-0.4, -0.2) is 70.4 Å². The molecule has 2 aromatic rings. The molecule has 9 atom stereocenters. The van der Waals surface area contributed by atoms with Crippen LogP contribution in [0.1, 0.15) is 51.2 Å². The molecule has 4 aliphatic heterocycles. The summed E-state index contributed by atoms with van der Waals surface area (Å²) in [4.78, 5) is 38.5. The van der Waals surface area contributed by atoms with Gasteiger partial charge < -0.3 is 37.9 Å². The van der Waals surface area contributed by atoms with Crippen molar-refractivity contribution in [1.29, 1.82) is 0 Å². The second-order valence-corrected chi connectivity index (χ2v) is 13.1. The van der Waals surface area contributed by atoms with Crippen LogP contribution in [0, 0.1) is 23.7 Å². The van der Waals surface area contributed by atoms with Gasteiger partial charge in [-0.25, -0.2) is 19.4 Å². The fourth-order valence-electron chi connectivity index (χ4n) is 7.68. The van der Waals surface area contributed by atoms with Crippen molar-refractivity contribution >= 4 is 24.1 Å². The number of fused-ring (bicyclic) bond motifs is 2. The van der Waals surface area contributed by atoms with Crippen molar-refractivity contribution in [3.05, 3.63) is 59.7 Å². The minimum absolute atomic E-state index is 0.107. The van der Waals surface area contributed by atoms with Crippen LogP contribution >= 0.6 is 0 Å². The summed E-state index contributed by atoms with van der Waals surface area (Å²) in [6.45, 7) is 5.81. The number of ether oxygens (including phenoxy) is 8. The van der Waals surface area contributed by atoms with Crippen LogP contribution in [-0.2, 0) is 38.3 Å². The number of rotatable bonds is 10. The molecule has 5 fully saturated rings. The van der Waals surface area contributed by atoms with Gasteiger partial charge in [0.05, 0.1) is 28.4 Å². The van der Waals surface area contributed by atoms with Gasteiger partial charge in [-0.2, -0.15) is 0 Å². The molecule has 1 aliphatic carbocycles. The lowest BCUT2D eigenvalue weighted by Crippen LogP contribution is -2.72. The van der Waals surface area contributed by atoms with Crippen molar-refractivity contribution < 1.29 is 57.3 Å². The number of hydrogen-bond acceptors (Lipinski definition) is 12. The molecule has 0 aromatic heterocycles. The summed E-state index contributed by atoms with van der Waals surface area (Å²) in [6.07, 6.45) is 5.46. The largest absolute Gasteiger partial charge is 0.493 e. The van der Waals surface area contributed by atoms with E-state index in [4.69, 9.17) is 47.7 Å². The molecule has 4 saturated heterocycles. The van der Waals surface area contributed by atoms with Crippen molar-refractivity contribution in [3.8, 4) is 23.0 Å². The van der Waals surface area contributed by atoms with Gasteiger partial charge in [-0.1, -0.05) is 26.0 Å². The predicted octanol–water partition coefficient (Wildman–Crippen LogP) is 5.72. The SMILES string of the molecule is COc1ccc(/C=C/C(=O)O[C@@H]2O[C@@H]3O[C@@]4(C)CC[C@H]5[C@H](C)[C@H](OC(=O)/C=C/c6ccc(OC)c(OC)c6)C[C@@H]([C@H]2C)[C@@]35OO4)cc1OC. The maximum absolute atomic E-state index is 13.2. The lowest BCUT2D eigenvalue weighted by molar-refractivity contribution is -0.577. The van der Waals surface area contributed by atoms with Crippen LogP contribution in [0.2, 0.25) is 0 Å². The highest BCUT2D eigenvalue weighted by atomic mass is 17.3. The molecule has 12 nitrogen and oxygen atoms in total. The smallest absolute Gasteiger partial charge is 0.333 e. The standard InChI is InChI=1S/C37H44O12/c1-21-25-16-17-36(3)47-35-37(25,49-48-36)26(20-29(21)44-32(38)14-10-23-8-12-27(40-4)30(18-23)42-6)22(2)34(46-35)45-33(39)15-11-24-9-13-28(41-5)31(19-24)43-7/h8-15,18-19,21-22,25-26,29,34-35H,16-17,20H2,1-7H3/b14-10+,15-11+/t21-,22+,25-,26-,29+,34+,35+,36+,37+/m0/s1. The van der Waals surface area contributed by atoms with Crippen molar-refractivity contribution in [2.24, 2.45) is 23.7 Å². The number of benzene rings is 2. The second kappa shape index (κ2) is 14.0. The van der Waals surface area contributed by atoms with Gasteiger partial charge in [-0.15, -0.1) is 0 Å². The highest BCUT2D eigenvalue weighted by molar-refractivity contribution is 5.88. The van der Waals surface area contributed by atoms with E-state index in [1.165, 1.54) is 12.2 Å². The van der Waals surface area contributed by atoms with Crippen LogP contribution in [0.15, 0.2) is 48.6 Å². The van der Waals surface area contributed by atoms with Crippen LogP contribution in [0.4, 0.5) is 0 Å².